The van der Waals surface area contributed by atoms with E-state index >= 15 is 0 Å². The lowest BCUT2D eigenvalue weighted by Gasteiger charge is -2.34. The van der Waals surface area contributed by atoms with E-state index in [-0.39, 0.29) is 18.6 Å². The molecule has 0 aliphatic carbocycles. The minimum absolute atomic E-state index is 0.0717. The minimum Gasteiger partial charge on any atom is -0.395 e. The lowest BCUT2D eigenvalue weighted by Crippen LogP contribution is -2.45. The van der Waals surface area contributed by atoms with Crippen molar-refractivity contribution < 1.29 is 9.90 Å². The predicted octanol–water partition coefficient (Wildman–Crippen LogP) is 0.591. The number of hydrogen-bond donors (Lipinski definition) is 3. The molecule has 1 aliphatic rings. The highest BCUT2D eigenvalue weighted by Gasteiger charge is 2.21. The first kappa shape index (κ1) is 13.1. The first-order valence-corrected chi connectivity index (χ1v) is 6.58. The van der Waals surface area contributed by atoms with Crippen molar-refractivity contribution in [2.75, 3.05) is 26.2 Å². The maximum atomic E-state index is 11.7. The van der Waals surface area contributed by atoms with Crippen LogP contribution in [0.2, 0.25) is 0 Å². The Balaban J connectivity index is 1.72. The number of aliphatic hydroxyl groups is 1. The number of carbonyl (C=O) groups is 1. The summed E-state index contributed by atoms with van der Waals surface area (Å²) in [4.78, 5) is 16.8. The van der Waals surface area contributed by atoms with Gasteiger partial charge in [0.15, 0.2) is 0 Å². The van der Waals surface area contributed by atoms with Crippen LogP contribution in [-0.2, 0) is 0 Å². The van der Waals surface area contributed by atoms with E-state index < -0.39 is 0 Å². The average Bonchev–Trinajstić information content (AvgIpc) is 2.93. The molecule has 1 saturated heterocycles. The number of hydrogen-bond acceptors (Lipinski definition) is 3. The Hall–Kier alpha value is -1.33. The molecule has 1 aliphatic heterocycles. The van der Waals surface area contributed by atoms with E-state index in [2.05, 4.69) is 15.2 Å². The second kappa shape index (κ2) is 6.56. The van der Waals surface area contributed by atoms with Crippen molar-refractivity contribution in [3.05, 3.63) is 24.0 Å². The zero-order chi connectivity index (χ0) is 12.8. The van der Waals surface area contributed by atoms with Crippen molar-refractivity contribution in [2.24, 2.45) is 0 Å². The fourth-order valence-corrected chi connectivity index (χ4v) is 2.44. The summed E-state index contributed by atoms with van der Waals surface area (Å²) in [6.45, 7) is 2.65. The Labute approximate surface area is 107 Å². The second-order valence-electron chi connectivity index (χ2n) is 4.71. The SMILES string of the molecule is O=C(NCCN1CCCC[C@@H]1CO)c1ccc[nH]1. The molecule has 1 amide bonds. The summed E-state index contributed by atoms with van der Waals surface area (Å²) in [5.74, 6) is -0.0717. The molecule has 0 saturated carbocycles. The maximum absolute atomic E-state index is 11.7. The van der Waals surface area contributed by atoms with Gasteiger partial charge in [-0.1, -0.05) is 6.42 Å². The van der Waals surface area contributed by atoms with Crippen LogP contribution in [0.1, 0.15) is 29.8 Å². The monoisotopic (exact) mass is 251 g/mol. The topological polar surface area (TPSA) is 68.4 Å². The highest BCUT2D eigenvalue weighted by atomic mass is 16.3. The number of carbonyl (C=O) groups excluding carboxylic acids is 1. The molecule has 5 heteroatoms. The average molecular weight is 251 g/mol. The molecule has 0 spiro atoms. The van der Waals surface area contributed by atoms with Crippen molar-refractivity contribution >= 4 is 5.91 Å². The number of likely N-dealkylation sites (tertiary alicyclic amines) is 1. The van der Waals surface area contributed by atoms with E-state index in [1.165, 1.54) is 12.8 Å². The summed E-state index contributed by atoms with van der Waals surface area (Å²) in [5.41, 5.74) is 0.590. The zero-order valence-corrected chi connectivity index (χ0v) is 10.6. The summed E-state index contributed by atoms with van der Waals surface area (Å²) in [6.07, 6.45) is 5.17. The van der Waals surface area contributed by atoms with Crippen LogP contribution in [0.15, 0.2) is 18.3 Å². The van der Waals surface area contributed by atoms with E-state index in [1.807, 2.05) is 0 Å². The summed E-state index contributed by atoms with van der Waals surface area (Å²) < 4.78 is 0. The molecule has 5 nitrogen and oxygen atoms in total. The lowest BCUT2D eigenvalue weighted by atomic mass is 10.0. The predicted molar refractivity (Wildman–Crippen MR) is 69.4 cm³/mol. The van der Waals surface area contributed by atoms with Crippen molar-refractivity contribution in [3.8, 4) is 0 Å². The van der Waals surface area contributed by atoms with Crippen molar-refractivity contribution in [3.63, 3.8) is 0 Å². The molecule has 1 aromatic heterocycles. The van der Waals surface area contributed by atoms with E-state index in [0.717, 1.165) is 19.5 Å². The summed E-state index contributed by atoms with van der Waals surface area (Å²) >= 11 is 0. The first-order chi connectivity index (χ1) is 8.81. The number of nitrogens with one attached hydrogen (secondary N) is 2. The van der Waals surface area contributed by atoms with Gasteiger partial charge in [0.25, 0.3) is 5.91 Å². The zero-order valence-electron chi connectivity index (χ0n) is 10.6. The van der Waals surface area contributed by atoms with Gasteiger partial charge in [0.1, 0.15) is 5.69 Å². The third kappa shape index (κ3) is 3.34. The van der Waals surface area contributed by atoms with Gasteiger partial charge in [0, 0.05) is 25.3 Å². The maximum Gasteiger partial charge on any atom is 0.267 e. The Morgan fingerprint density at radius 1 is 1.56 bits per heavy atom. The van der Waals surface area contributed by atoms with Gasteiger partial charge in [-0.15, -0.1) is 0 Å². The summed E-state index contributed by atoms with van der Waals surface area (Å²) in [5, 5.41) is 12.2. The Morgan fingerprint density at radius 3 is 3.17 bits per heavy atom. The number of aromatic nitrogens is 1. The Morgan fingerprint density at radius 2 is 2.44 bits per heavy atom. The molecule has 2 rings (SSSR count). The molecule has 1 atom stereocenters. The third-order valence-electron chi connectivity index (χ3n) is 3.49. The first-order valence-electron chi connectivity index (χ1n) is 6.58. The number of aliphatic hydroxyl groups excluding tert-OH is 1. The van der Waals surface area contributed by atoms with Crippen LogP contribution in [0, 0.1) is 0 Å². The molecule has 1 fully saturated rings. The quantitative estimate of drug-likeness (QED) is 0.717. The normalized spacial score (nSPS) is 20.8. The van der Waals surface area contributed by atoms with Crippen molar-refractivity contribution in [1.29, 1.82) is 0 Å². The molecule has 1 aromatic rings. The molecule has 3 N–H and O–H groups in total. The van der Waals surface area contributed by atoms with Crippen molar-refractivity contribution in [1.82, 2.24) is 15.2 Å². The number of nitrogens with zero attached hydrogens (tertiary/aromatic N) is 1. The van der Waals surface area contributed by atoms with Crippen LogP contribution < -0.4 is 5.32 Å². The second-order valence-corrected chi connectivity index (χ2v) is 4.71. The number of piperidine rings is 1. The Kier molecular flexibility index (Phi) is 4.78. The molecule has 0 radical (unpaired) electrons. The molecular weight excluding hydrogens is 230 g/mol. The van der Waals surface area contributed by atoms with Crippen LogP contribution in [0.3, 0.4) is 0 Å². The summed E-state index contributed by atoms with van der Waals surface area (Å²) in [7, 11) is 0. The van der Waals surface area contributed by atoms with Gasteiger partial charge in [0.05, 0.1) is 6.61 Å². The number of rotatable bonds is 5. The molecular formula is C13H21N3O2. The highest BCUT2D eigenvalue weighted by molar-refractivity contribution is 5.92. The van der Waals surface area contributed by atoms with Crippen LogP contribution in [0.4, 0.5) is 0 Å². The van der Waals surface area contributed by atoms with Crippen LogP contribution >= 0.6 is 0 Å². The fraction of sp³-hybridized carbons (Fsp3) is 0.615. The molecule has 2 heterocycles. The van der Waals surface area contributed by atoms with Crippen LogP contribution in [0.5, 0.6) is 0 Å². The van der Waals surface area contributed by atoms with Gasteiger partial charge >= 0.3 is 0 Å². The highest BCUT2D eigenvalue weighted by Crippen LogP contribution is 2.15. The molecule has 0 bridgehead atoms. The number of aromatic amines is 1. The molecule has 18 heavy (non-hydrogen) atoms. The van der Waals surface area contributed by atoms with Gasteiger partial charge in [-0.05, 0) is 31.5 Å². The standard InChI is InChI=1S/C13H21N3O2/c17-10-11-4-1-2-8-16(11)9-7-15-13(18)12-5-3-6-14-12/h3,5-6,11,14,17H,1-2,4,7-10H2,(H,15,18)/t11-/m1/s1. The molecule has 0 unspecified atom stereocenters. The molecule has 100 valence electrons. The number of H-pyrrole nitrogens is 1. The Bertz CT molecular complexity index is 364. The van der Waals surface area contributed by atoms with Crippen LogP contribution in [-0.4, -0.2) is 53.2 Å². The van der Waals surface area contributed by atoms with Crippen LogP contribution in [0.25, 0.3) is 0 Å². The van der Waals surface area contributed by atoms with Gasteiger partial charge in [-0.2, -0.15) is 0 Å². The third-order valence-corrected chi connectivity index (χ3v) is 3.49. The fourth-order valence-electron chi connectivity index (χ4n) is 2.44. The minimum atomic E-state index is -0.0717. The smallest absolute Gasteiger partial charge is 0.267 e. The van der Waals surface area contributed by atoms with E-state index in [0.29, 0.717) is 12.2 Å². The van der Waals surface area contributed by atoms with Gasteiger partial charge in [0.2, 0.25) is 0 Å². The van der Waals surface area contributed by atoms with Gasteiger partial charge < -0.3 is 15.4 Å². The molecule has 0 aromatic carbocycles. The summed E-state index contributed by atoms with van der Waals surface area (Å²) in [6, 6.07) is 3.83. The van der Waals surface area contributed by atoms with Gasteiger partial charge in [-0.25, -0.2) is 0 Å². The van der Waals surface area contributed by atoms with Gasteiger partial charge in [-0.3, -0.25) is 9.69 Å². The largest absolute Gasteiger partial charge is 0.395 e. The lowest BCUT2D eigenvalue weighted by molar-refractivity contribution is 0.0847. The van der Waals surface area contributed by atoms with E-state index in [4.69, 9.17) is 0 Å². The number of amides is 1. The van der Waals surface area contributed by atoms with E-state index in [9.17, 15) is 9.90 Å². The van der Waals surface area contributed by atoms with Crippen molar-refractivity contribution in [2.45, 2.75) is 25.3 Å². The van der Waals surface area contributed by atoms with E-state index in [1.54, 1.807) is 18.3 Å².